The van der Waals surface area contributed by atoms with Crippen molar-refractivity contribution < 1.29 is 15.0 Å². The fraction of sp³-hybridized carbons (Fsp3) is 0.0714. The largest absolute Gasteiger partial charge is 0.504 e. The van der Waals surface area contributed by atoms with Gasteiger partial charge < -0.3 is 21.3 Å². The van der Waals surface area contributed by atoms with Gasteiger partial charge in [0.25, 0.3) is 0 Å². The third-order valence-electron chi connectivity index (χ3n) is 2.73. The number of aromatic hydroxyl groups is 2. The molecule has 0 radical (unpaired) electrons. The van der Waals surface area contributed by atoms with Crippen LogP contribution in [0.3, 0.4) is 0 Å². The van der Waals surface area contributed by atoms with Crippen molar-refractivity contribution >= 4 is 11.6 Å². The third kappa shape index (κ3) is 2.95. The maximum absolute atomic E-state index is 11.0. The Kier molecular flexibility index (Phi) is 3.56. The number of carbonyl (C=O) groups excluding carboxylic acids is 1. The molecule has 0 aromatic heterocycles. The van der Waals surface area contributed by atoms with Crippen molar-refractivity contribution in [2.24, 2.45) is 5.73 Å². The first kappa shape index (κ1) is 12.8. The molecule has 0 heterocycles. The first-order chi connectivity index (χ1) is 9.08. The summed E-state index contributed by atoms with van der Waals surface area (Å²) >= 11 is 0. The van der Waals surface area contributed by atoms with Crippen molar-refractivity contribution in [1.29, 1.82) is 0 Å². The number of nitrogens with one attached hydrogen (secondary N) is 1. The van der Waals surface area contributed by atoms with Gasteiger partial charge in [-0.15, -0.1) is 0 Å². The van der Waals surface area contributed by atoms with E-state index in [-0.39, 0.29) is 11.5 Å². The lowest BCUT2D eigenvalue weighted by atomic mass is 10.1. The topological polar surface area (TPSA) is 95.6 Å². The quantitative estimate of drug-likeness (QED) is 0.629. The first-order valence-electron chi connectivity index (χ1n) is 5.71. The number of phenolic OH excluding ortho intramolecular Hbond substituents is 2. The molecule has 1 amide bonds. The minimum Gasteiger partial charge on any atom is -0.504 e. The molecule has 2 aromatic rings. The van der Waals surface area contributed by atoms with Gasteiger partial charge in [-0.2, -0.15) is 0 Å². The van der Waals surface area contributed by atoms with Crippen molar-refractivity contribution in [3.63, 3.8) is 0 Å². The van der Waals surface area contributed by atoms with Gasteiger partial charge in [0, 0.05) is 23.4 Å². The molecule has 0 fully saturated rings. The van der Waals surface area contributed by atoms with E-state index in [2.05, 4.69) is 5.32 Å². The van der Waals surface area contributed by atoms with Crippen LogP contribution in [0, 0.1) is 0 Å². The van der Waals surface area contributed by atoms with E-state index in [1.54, 1.807) is 36.4 Å². The Labute approximate surface area is 110 Å². The number of primary amides is 1. The van der Waals surface area contributed by atoms with Gasteiger partial charge in [0.15, 0.2) is 11.5 Å². The van der Waals surface area contributed by atoms with E-state index in [1.807, 2.05) is 0 Å². The summed E-state index contributed by atoms with van der Waals surface area (Å²) in [6.45, 7) is 0.322. The van der Waals surface area contributed by atoms with E-state index in [0.29, 0.717) is 23.4 Å². The lowest BCUT2D eigenvalue weighted by Crippen LogP contribution is -2.11. The van der Waals surface area contributed by atoms with Crippen LogP contribution in [0.25, 0.3) is 0 Å². The lowest BCUT2D eigenvalue weighted by Gasteiger charge is -2.09. The molecule has 0 bridgehead atoms. The van der Waals surface area contributed by atoms with Crippen molar-refractivity contribution in [3.05, 3.63) is 53.6 Å². The molecular weight excluding hydrogens is 244 g/mol. The molecular formula is C14H14N2O3. The van der Waals surface area contributed by atoms with Gasteiger partial charge in [0.05, 0.1) is 0 Å². The van der Waals surface area contributed by atoms with E-state index in [0.717, 1.165) is 0 Å². The SMILES string of the molecule is NC(=O)c1cccc(NCc2cccc(O)c2O)c1. The summed E-state index contributed by atoms with van der Waals surface area (Å²) in [6.07, 6.45) is 0. The van der Waals surface area contributed by atoms with Gasteiger partial charge in [0.2, 0.25) is 5.91 Å². The summed E-state index contributed by atoms with van der Waals surface area (Å²) in [5.41, 5.74) is 6.87. The number of phenols is 2. The number of hydrogen-bond acceptors (Lipinski definition) is 4. The average molecular weight is 258 g/mol. The summed E-state index contributed by atoms with van der Waals surface area (Å²) in [5, 5.41) is 22.1. The van der Waals surface area contributed by atoms with Gasteiger partial charge >= 0.3 is 0 Å². The average Bonchev–Trinajstić information content (AvgIpc) is 2.41. The van der Waals surface area contributed by atoms with Gasteiger partial charge in [-0.3, -0.25) is 4.79 Å². The normalized spacial score (nSPS) is 10.1. The molecule has 0 atom stereocenters. The Balaban J connectivity index is 2.12. The van der Waals surface area contributed by atoms with Crippen LogP contribution in [0.1, 0.15) is 15.9 Å². The zero-order valence-corrected chi connectivity index (χ0v) is 10.1. The standard InChI is InChI=1S/C14H14N2O3/c15-14(19)9-3-1-5-11(7-9)16-8-10-4-2-6-12(17)13(10)18/h1-7,16-18H,8H2,(H2,15,19). The number of amides is 1. The van der Waals surface area contributed by atoms with Crippen molar-refractivity contribution in [2.75, 3.05) is 5.32 Å². The minimum atomic E-state index is -0.496. The molecule has 0 aliphatic rings. The smallest absolute Gasteiger partial charge is 0.248 e. The highest BCUT2D eigenvalue weighted by Gasteiger charge is 2.06. The molecule has 0 saturated carbocycles. The number of benzene rings is 2. The first-order valence-corrected chi connectivity index (χ1v) is 5.71. The summed E-state index contributed by atoms with van der Waals surface area (Å²) in [7, 11) is 0. The second-order valence-corrected chi connectivity index (χ2v) is 4.08. The maximum atomic E-state index is 11.0. The van der Waals surface area contributed by atoms with E-state index in [9.17, 15) is 15.0 Å². The van der Waals surface area contributed by atoms with Crippen LogP contribution in [-0.4, -0.2) is 16.1 Å². The molecule has 0 unspecified atom stereocenters. The third-order valence-corrected chi connectivity index (χ3v) is 2.73. The molecule has 19 heavy (non-hydrogen) atoms. The molecule has 98 valence electrons. The second-order valence-electron chi connectivity index (χ2n) is 4.08. The predicted octanol–water partition coefficient (Wildman–Crippen LogP) is 1.81. The Morgan fingerprint density at radius 2 is 1.89 bits per heavy atom. The molecule has 5 nitrogen and oxygen atoms in total. The van der Waals surface area contributed by atoms with Crippen LogP contribution >= 0.6 is 0 Å². The summed E-state index contributed by atoms with van der Waals surface area (Å²) < 4.78 is 0. The summed E-state index contributed by atoms with van der Waals surface area (Å²) in [4.78, 5) is 11.0. The monoisotopic (exact) mass is 258 g/mol. The molecule has 2 aromatic carbocycles. The van der Waals surface area contributed by atoms with Crippen LogP contribution < -0.4 is 11.1 Å². The number of carbonyl (C=O) groups is 1. The highest BCUT2D eigenvalue weighted by molar-refractivity contribution is 5.93. The Morgan fingerprint density at radius 1 is 1.16 bits per heavy atom. The number of anilines is 1. The number of para-hydroxylation sites is 1. The Morgan fingerprint density at radius 3 is 2.63 bits per heavy atom. The van der Waals surface area contributed by atoms with E-state index in [1.165, 1.54) is 6.07 Å². The number of hydrogen-bond donors (Lipinski definition) is 4. The Bertz CT molecular complexity index is 611. The number of nitrogens with two attached hydrogens (primary N) is 1. The molecule has 5 heteroatoms. The van der Waals surface area contributed by atoms with E-state index >= 15 is 0 Å². The van der Waals surface area contributed by atoms with Crippen LogP contribution in [0.5, 0.6) is 11.5 Å². The van der Waals surface area contributed by atoms with Crippen molar-refractivity contribution in [2.45, 2.75) is 6.54 Å². The maximum Gasteiger partial charge on any atom is 0.248 e. The van der Waals surface area contributed by atoms with Crippen molar-refractivity contribution in [3.8, 4) is 11.5 Å². The fourth-order valence-corrected chi connectivity index (χ4v) is 1.70. The lowest BCUT2D eigenvalue weighted by molar-refractivity contribution is 0.100. The summed E-state index contributed by atoms with van der Waals surface area (Å²) in [5.74, 6) is -0.810. The highest BCUT2D eigenvalue weighted by Crippen LogP contribution is 2.28. The van der Waals surface area contributed by atoms with E-state index < -0.39 is 5.91 Å². The molecule has 0 aliphatic heterocycles. The van der Waals surface area contributed by atoms with Gasteiger partial charge in [-0.25, -0.2) is 0 Å². The number of rotatable bonds is 4. The van der Waals surface area contributed by atoms with E-state index in [4.69, 9.17) is 5.73 Å². The summed E-state index contributed by atoms with van der Waals surface area (Å²) in [6, 6.07) is 11.5. The van der Waals surface area contributed by atoms with Gasteiger partial charge in [0.1, 0.15) is 0 Å². The van der Waals surface area contributed by atoms with Crippen LogP contribution in [0.15, 0.2) is 42.5 Å². The molecule has 5 N–H and O–H groups in total. The van der Waals surface area contributed by atoms with Crippen LogP contribution in [0.2, 0.25) is 0 Å². The molecule has 2 rings (SSSR count). The zero-order valence-electron chi connectivity index (χ0n) is 10.1. The molecule has 0 spiro atoms. The predicted molar refractivity (Wildman–Crippen MR) is 72.1 cm³/mol. The van der Waals surface area contributed by atoms with Crippen LogP contribution in [0.4, 0.5) is 5.69 Å². The van der Waals surface area contributed by atoms with Gasteiger partial charge in [-0.05, 0) is 24.3 Å². The van der Waals surface area contributed by atoms with Crippen LogP contribution in [-0.2, 0) is 6.54 Å². The van der Waals surface area contributed by atoms with Gasteiger partial charge in [-0.1, -0.05) is 18.2 Å². The molecule has 0 saturated heterocycles. The Hall–Kier alpha value is -2.69. The highest BCUT2D eigenvalue weighted by atomic mass is 16.3. The zero-order chi connectivity index (χ0) is 13.8. The fourth-order valence-electron chi connectivity index (χ4n) is 1.70. The van der Waals surface area contributed by atoms with Crippen molar-refractivity contribution in [1.82, 2.24) is 0 Å². The molecule has 0 aliphatic carbocycles. The minimum absolute atomic E-state index is 0.152. The second kappa shape index (κ2) is 5.30.